The normalized spacial score (nSPS) is 17.7. The second-order valence-corrected chi connectivity index (χ2v) is 12.7. The summed E-state index contributed by atoms with van der Waals surface area (Å²) in [5, 5.41) is 2.66. The number of nitrogens with one attached hydrogen (secondary N) is 1. The Labute approximate surface area is 247 Å². The number of aromatic nitrogens is 2. The largest absolute Gasteiger partial charge is 0.417 e. The van der Waals surface area contributed by atoms with Crippen LogP contribution in [0.15, 0.2) is 83.8 Å². The van der Waals surface area contributed by atoms with Crippen molar-refractivity contribution in [3.8, 4) is 17.1 Å². The molecule has 1 atom stereocenters. The molecule has 4 aromatic rings. The number of carbonyl (C=O) groups is 1. The average molecular weight is 607 g/mol. The van der Waals surface area contributed by atoms with E-state index in [4.69, 9.17) is 14.5 Å². The van der Waals surface area contributed by atoms with Gasteiger partial charge in [0.1, 0.15) is 32.8 Å². The number of hydrogen-bond acceptors (Lipinski definition) is 8. The molecular weight excluding hydrogens is 578 g/mol. The van der Waals surface area contributed by atoms with Gasteiger partial charge < -0.3 is 14.4 Å². The SMILES string of the molecule is C[C@H]1COCCN1c1cc(C2(S(=O)(=O)c3c(F)cccc3F)CC2)nc(-c2ccc(NC(=O)Oc3ccccc3)cc2)n1. The molecule has 1 aliphatic heterocycles. The molecule has 2 fully saturated rings. The number of hydrogen-bond donors (Lipinski definition) is 1. The molecule has 0 radical (unpaired) electrons. The summed E-state index contributed by atoms with van der Waals surface area (Å²) in [5.74, 6) is -1.17. The molecule has 0 unspecified atom stereocenters. The monoisotopic (exact) mass is 606 g/mol. The van der Waals surface area contributed by atoms with Crippen molar-refractivity contribution in [2.45, 2.75) is 35.4 Å². The maximum Gasteiger partial charge on any atom is 0.417 e. The lowest BCUT2D eigenvalue weighted by Crippen LogP contribution is -2.44. The number of anilines is 2. The highest BCUT2D eigenvalue weighted by molar-refractivity contribution is 7.92. The Morgan fingerprint density at radius 3 is 2.35 bits per heavy atom. The Kier molecular flexibility index (Phi) is 7.57. The molecule has 2 aliphatic rings. The quantitative estimate of drug-likeness (QED) is 0.285. The number of morpholine rings is 1. The first-order chi connectivity index (χ1) is 20.7. The fourth-order valence-electron chi connectivity index (χ4n) is 5.16. The molecule has 2 heterocycles. The molecule has 43 heavy (non-hydrogen) atoms. The number of amides is 1. The van der Waals surface area contributed by atoms with Gasteiger partial charge in [-0.1, -0.05) is 24.3 Å². The van der Waals surface area contributed by atoms with E-state index in [9.17, 15) is 22.0 Å². The summed E-state index contributed by atoms with van der Waals surface area (Å²) in [6.07, 6.45) is -0.351. The van der Waals surface area contributed by atoms with Gasteiger partial charge in [-0.25, -0.2) is 32.0 Å². The lowest BCUT2D eigenvalue weighted by molar-refractivity contribution is 0.0985. The molecule has 6 rings (SSSR count). The molecule has 1 saturated heterocycles. The third-order valence-electron chi connectivity index (χ3n) is 7.59. The third kappa shape index (κ3) is 5.55. The van der Waals surface area contributed by atoms with Crippen LogP contribution in [0, 0.1) is 11.6 Å². The topological polar surface area (TPSA) is 111 Å². The Hall–Kier alpha value is -4.42. The van der Waals surface area contributed by atoms with Crippen LogP contribution in [0.25, 0.3) is 11.4 Å². The molecule has 9 nitrogen and oxygen atoms in total. The van der Waals surface area contributed by atoms with Crippen LogP contribution in [-0.2, 0) is 19.3 Å². The highest BCUT2D eigenvalue weighted by Crippen LogP contribution is 2.55. The van der Waals surface area contributed by atoms with Gasteiger partial charge in [0.2, 0.25) is 0 Å². The van der Waals surface area contributed by atoms with E-state index in [1.807, 2.05) is 17.9 Å². The summed E-state index contributed by atoms with van der Waals surface area (Å²) in [5.41, 5.74) is 1.18. The summed E-state index contributed by atoms with van der Waals surface area (Å²) in [6, 6.07) is 19.8. The predicted molar refractivity (Wildman–Crippen MR) is 156 cm³/mol. The Bertz CT molecular complexity index is 1750. The number of rotatable bonds is 7. The third-order valence-corrected chi connectivity index (χ3v) is 10.2. The molecule has 1 aliphatic carbocycles. The molecular formula is C31H28F2N4O5S. The van der Waals surface area contributed by atoms with Crippen molar-refractivity contribution in [1.82, 2.24) is 9.97 Å². The number of ether oxygens (including phenoxy) is 2. The molecule has 1 aromatic heterocycles. The molecule has 0 bridgehead atoms. The van der Waals surface area contributed by atoms with Crippen LogP contribution in [0.3, 0.4) is 0 Å². The molecule has 1 N–H and O–H groups in total. The van der Waals surface area contributed by atoms with Crippen molar-refractivity contribution in [2.75, 3.05) is 30.0 Å². The van der Waals surface area contributed by atoms with Crippen molar-refractivity contribution in [3.63, 3.8) is 0 Å². The lowest BCUT2D eigenvalue weighted by atomic mass is 10.1. The minimum Gasteiger partial charge on any atom is -0.410 e. The summed E-state index contributed by atoms with van der Waals surface area (Å²) >= 11 is 0. The number of benzene rings is 3. The molecule has 3 aromatic carbocycles. The van der Waals surface area contributed by atoms with Gasteiger partial charge in [0, 0.05) is 23.9 Å². The minimum absolute atomic E-state index is 0.0534. The van der Waals surface area contributed by atoms with Crippen LogP contribution >= 0.6 is 0 Å². The summed E-state index contributed by atoms with van der Waals surface area (Å²) < 4.78 is 66.3. The van der Waals surface area contributed by atoms with E-state index in [1.165, 1.54) is 0 Å². The smallest absolute Gasteiger partial charge is 0.410 e. The van der Waals surface area contributed by atoms with E-state index < -0.39 is 37.2 Å². The Morgan fingerprint density at radius 1 is 1.00 bits per heavy atom. The number of sulfone groups is 1. The van der Waals surface area contributed by atoms with Gasteiger partial charge in [0.25, 0.3) is 0 Å². The maximum absolute atomic E-state index is 14.7. The van der Waals surface area contributed by atoms with Gasteiger partial charge >= 0.3 is 6.09 Å². The molecule has 1 amide bonds. The summed E-state index contributed by atoms with van der Waals surface area (Å²) in [6.45, 7) is 3.40. The van der Waals surface area contributed by atoms with Crippen molar-refractivity contribution >= 4 is 27.4 Å². The van der Waals surface area contributed by atoms with Crippen molar-refractivity contribution in [2.24, 2.45) is 0 Å². The van der Waals surface area contributed by atoms with Gasteiger partial charge in [0.15, 0.2) is 15.7 Å². The number of para-hydroxylation sites is 1. The van der Waals surface area contributed by atoms with Crippen LogP contribution in [0.4, 0.5) is 25.1 Å². The molecule has 222 valence electrons. The number of carbonyl (C=O) groups excluding carboxylic acids is 1. The first-order valence-corrected chi connectivity index (χ1v) is 15.2. The zero-order valence-corrected chi connectivity index (χ0v) is 24.0. The highest BCUT2D eigenvalue weighted by Gasteiger charge is 2.59. The first kappa shape index (κ1) is 28.7. The van der Waals surface area contributed by atoms with Gasteiger partial charge in [-0.2, -0.15) is 0 Å². The zero-order chi connectivity index (χ0) is 30.2. The standard InChI is InChI=1S/C31H28F2N4O5S/c1-20-19-41-17-16-37(20)27-18-26(31(14-15-31)43(39,40)28-24(32)8-5-9-25(28)33)35-29(36-27)21-10-12-22(13-11-21)34-30(38)42-23-6-3-2-4-7-23/h2-13,18,20H,14-17,19H2,1H3,(H,34,38)/t20-/m0/s1. The van der Waals surface area contributed by atoms with E-state index >= 15 is 0 Å². The van der Waals surface area contributed by atoms with Crippen LogP contribution < -0.4 is 15.0 Å². The van der Waals surface area contributed by atoms with E-state index in [2.05, 4.69) is 10.3 Å². The van der Waals surface area contributed by atoms with E-state index in [0.717, 1.165) is 18.2 Å². The second-order valence-electron chi connectivity index (χ2n) is 10.5. The van der Waals surface area contributed by atoms with Crippen LogP contribution in [0.1, 0.15) is 25.5 Å². The maximum atomic E-state index is 14.7. The highest BCUT2D eigenvalue weighted by atomic mass is 32.2. The molecule has 12 heteroatoms. The fraction of sp³-hybridized carbons (Fsp3) is 0.258. The van der Waals surface area contributed by atoms with E-state index in [0.29, 0.717) is 42.6 Å². The van der Waals surface area contributed by atoms with Crippen LogP contribution in [0.2, 0.25) is 0 Å². The number of halogens is 2. The summed E-state index contributed by atoms with van der Waals surface area (Å²) in [7, 11) is -4.49. The minimum atomic E-state index is -4.49. The van der Waals surface area contributed by atoms with Crippen molar-refractivity contribution in [1.29, 1.82) is 0 Å². The molecule has 1 saturated carbocycles. The zero-order valence-electron chi connectivity index (χ0n) is 23.2. The summed E-state index contributed by atoms with van der Waals surface area (Å²) in [4.78, 5) is 22.8. The van der Waals surface area contributed by atoms with Gasteiger partial charge in [0.05, 0.1) is 24.9 Å². The predicted octanol–water partition coefficient (Wildman–Crippen LogP) is 5.72. The van der Waals surface area contributed by atoms with Gasteiger partial charge in [-0.15, -0.1) is 0 Å². The fourth-order valence-corrected chi connectivity index (χ4v) is 7.22. The van der Waals surface area contributed by atoms with Crippen molar-refractivity contribution < 1.29 is 31.5 Å². The van der Waals surface area contributed by atoms with E-state index in [1.54, 1.807) is 54.6 Å². The molecule has 0 spiro atoms. The second kappa shape index (κ2) is 11.3. The first-order valence-electron chi connectivity index (χ1n) is 13.7. The van der Waals surface area contributed by atoms with Gasteiger partial charge in [-0.05, 0) is 68.3 Å². The Morgan fingerprint density at radius 2 is 1.70 bits per heavy atom. The Balaban J connectivity index is 1.36. The lowest BCUT2D eigenvalue weighted by Gasteiger charge is -2.34. The van der Waals surface area contributed by atoms with Crippen molar-refractivity contribution in [3.05, 3.63) is 96.2 Å². The van der Waals surface area contributed by atoms with Crippen LogP contribution in [0.5, 0.6) is 5.75 Å². The van der Waals surface area contributed by atoms with Gasteiger partial charge in [-0.3, -0.25) is 5.32 Å². The average Bonchev–Trinajstić information content (AvgIpc) is 3.81. The van der Waals surface area contributed by atoms with Crippen LogP contribution in [-0.4, -0.2) is 50.3 Å². The van der Waals surface area contributed by atoms with E-state index in [-0.39, 0.29) is 30.4 Å². The number of nitrogens with zero attached hydrogens (tertiary/aromatic N) is 3.